The van der Waals surface area contributed by atoms with E-state index in [-0.39, 0.29) is 35.1 Å². The number of ether oxygens (including phenoxy) is 3. The molecule has 0 amide bonds. The van der Waals surface area contributed by atoms with E-state index in [0.29, 0.717) is 37.1 Å². The van der Waals surface area contributed by atoms with Crippen LogP contribution in [0.1, 0.15) is 301 Å². The zero-order valence-electron chi connectivity index (χ0n) is 41.5. The minimum Gasteiger partial charge on any atom is -0.545 e. The van der Waals surface area contributed by atoms with Gasteiger partial charge in [-0.25, -0.2) is 0 Å². The van der Waals surface area contributed by atoms with Gasteiger partial charge in [-0.05, 0) is 31.4 Å². The van der Waals surface area contributed by atoms with Crippen LogP contribution in [-0.2, 0) is 0 Å². The summed E-state index contributed by atoms with van der Waals surface area (Å²) < 4.78 is 19.0. The number of hydrogen-bond donors (Lipinski definition) is 0. The van der Waals surface area contributed by atoms with Gasteiger partial charge in [0.05, 0.1) is 25.8 Å². The minimum atomic E-state index is -1.21. The van der Waals surface area contributed by atoms with Gasteiger partial charge in [0.25, 0.3) is 0 Å². The Kier molecular flexibility index (Phi) is 47.8. The molecule has 0 spiro atoms. The molecule has 0 aliphatic rings. The van der Waals surface area contributed by atoms with Gasteiger partial charge in [0.15, 0.2) is 11.5 Å². The maximum atomic E-state index is 12.1. The summed E-state index contributed by atoms with van der Waals surface area (Å²) in [6, 6.07) is 3.16. The zero-order valence-corrected chi connectivity index (χ0v) is 43.5. The molecule has 0 aliphatic carbocycles. The van der Waals surface area contributed by atoms with Crippen LogP contribution in [0.3, 0.4) is 0 Å². The molecular weight excluding hydrogens is 764 g/mol. The van der Waals surface area contributed by atoms with Gasteiger partial charge < -0.3 is 24.1 Å². The molecule has 352 valence electrons. The summed E-state index contributed by atoms with van der Waals surface area (Å²) in [5, 5.41) is 12.1. The summed E-state index contributed by atoms with van der Waals surface area (Å²) in [7, 11) is 0. The minimum absolute atomic E-state index is 0. The van der Waals surface area contributed by atoms with Gasteiger partial charge in [-0.3, -0.25) is 0 Å². The van der Waals surface area contributed by atoms with Crippen molar-refractivity contribution in [2.24, 2.45) is 0 Å². The van der Waals surface area contributed by atoms with Crippen molar-refractivity contribution in [3.05, 3.63) is 17.7 Å². The van der Waals surface area contributed by atoms with E-state index in [1.807, 2.05) is 0 Å². The second kappa shape index (κ2) is 48.5. The van der Waals surface area contributed by atoms with Crippen LogP contribution >= 0.6 is 0 Å². The molecule has 0 aliphatic heterocycles. The number of carbonyl (C=O) groups excluding carboxylic acids is 1. The van der Waals surface area contributed by atoms with Crippen molar-refractivity contribution in [2.75, 3.05) is 19.8 Å². The molecule has 0 saturated carbocycles. The monoisotopic (exact) mass is 865 g/mol. The summed E-state index contributed by atoms with van der Waals surface area (Å²) in [5.74, 6) is 0.307. The van der Waals surface area contributed by atoms with Crippen molar-refractivity contribution in [1.82, 2.24) is 0 Å². The molecule has 0 heterocycles. The molecule has 5 nitrogen and oxygen atoms in total. The number of carboxylic acids is 1. The normalized spacial score (nSPS) is 11.2. The van der Waals surface area contributed by atoms with Crippen molar-refractivity contribution in [2.45, 2.75) is 290 Å². The molecule has 0 radical (unpaired) electrons. The standard InChI is InChI=1S/C55H102O5.Na/c1-4-7-10-13-16-19-22-25-28-31-34-37-40-43-46-58-52-49-51(55(56)57)50-53(59-47-44-41-38-35-32-29-26-23-20-17-14-11-8-5-2)54(52)60-48-45-42-39-36-33-30-27-24-21-18-15-12-9-6-3;/h49-50H,4-48H2,1-3H3,(H,56,57);/q;+1/p-1. The Balaban J connectivity index is 0.0000360. The van der Waals surface area contributed by atoms with Crippen LogP contribution < -0.4 is 48.9 Å². The SMILES string of the molecule is CCCCCCCCCCCCCCCCOc1cc(C(=O)[O-])cc(OCCCCCCCCCCCCCCCC)c1OCCCCCCCCCCCCCCCC.[Na+]. The first kappa shape index (κ1) is 60.1. The Labute approximate surface area is 402 Å². The van der Waals surface area contributed by atoms with Crippen molar-refractivity contribution in [3.63, 3.8) is 0 Å². The summed E-state index contributed by atoms with van der Waals surface area (Å²) in [6.07, 6.45) is 55.1. The Morgan fingerprint density at radius 1 is 0.344 bits per heavy atom. The van der Waals surface area contributed by atoms with Gasteiger partial charge in [0, 0.05) is 5.56 Å². The molecule has 0 aromatic heterocycles. The molecule has 0 N–H and O–H groups in total. The van der Waals surface area contributed by atoms with Crippen molar-refractivity contribution in [3.8, 4) is 17.2 Å². The quantitative estimate of drug-likeness (QED) is 0.0482. The van der Waals surface area contributed by atoms with E-state index in [4.69, 9.17) is 14.2 Å². The third-order valence-corrected chi connectivity index (χ3v) is 12.5. The first-order valence-electron chi connectivity index (χ1n) is 26.9. The van der Waals surface area contributed by atoms with Crippen molar-refractivity contribution >= 4 is 5.97 Å². The first-order chi connectivity index (χ1) is 29.6. The predicted molar refractivity (Wildman–Crippen MR) is 258 cm³/mol. The van der Waals surface area contributed by atoms with E-state index in [2.05, 4.69) is 20.8 Å². The number of rotatable bonds is 49. The van der Waals surface area contributed by atoms with E-state index in [1.54, 1.807) is 12.1 Å². The molecule has 61 heavy (non-hydrogen) atoms. The summed E-state index contributed by atoms with van der Waals surface area (Å²) >= 11 is 0. The van der Waals surface area contributed by atoms with Gasteiger partial charge in [-0.15, -0.1) is 0 Å². The third-order valence-electron chi connectivity index (χ3n) is 12.5. The second-order valence-corrected chi connectivity index (χ2v) is 18.4. The molecule has 1 aromatic rings. The molecule has 0 saturated heterocycles. The maximum absolute atomic E-state index is 12.1. The molecular formula is C55H101NaO5. The number of unbranched alkanes of at least 4 members (excludes halogenated alkanes) is 39. The Morgan fingerprint density at radius 3 is 0.754 bits per heavy atom. The van der Waals surface area contributed by atoms with E-state index in [9.17, 15) is 9.90 Å². The molecule has 1 aromatic carbocycles. The van der Waals surface area contributed by atoms with Crippen LogP contribution in [0.5, 0.6) is 17.2 Å². The van der Waals surface area contributed by atoms with Crippen LogP contribution in [0.15, 0.2) is 12.1 Å². The average molecular weight is 865 g/mol. The number of benzene rings is 1. The molecule has 0 atom stereocenters. The molecule has 0 unspecified atom stereocenters. The molecule has 6 heteroatoms. The Hall–Kier alpha value is -0.910. The molecule has 0 fully saturated rings. The fourth-order valence-electron chi connectivity index (χ4n) is 8.48. The van der Waals surface area contributed by atoms with Crippen molar-refractivity contribution in [1.29, 1.82) is 0 Å². The fourth-order valence-corrected chi connectivity index (χ4v) is 8.48. The second-order valence-electron chi connectivity index (χ2n) is 18.4. The number of carbonyl (C=O) groups is 1. The van der Waals surface area contributed by atoms with Crippen molar-refractivity contribution < 1.29 is 53.7 Å². The Morgan fingerprint density at radius 2 is 0.541 bits per heavy atom. The first-order valence-corrected chi connectivity index (χ1v) is 26.9. The smallest absolute Gasteiger partial charge is 0.545 e. The largest absolute Gasteiger partial charge is 1.00 e. The van der Waals surface area contributed by atoms with E-state index >= 15 is 0 Å². The average Bonchev–Trinajstić information content (AvgIpc) is 3.25. The maximum Gasteiger partial charge on any atom is 1.00 e. The fraction of sp³-hybridized carbons (Fsp3) is 0.873. The molecule has 0 bridgehead atoms. The number of hydrogen-bond acceptors (Lipinski definition) is 5. The zero-order chi connectivity index (χ0) is 43.2. The predicted octanol–water partition coefficient (Wildman–Crippen LogP) is 14.6. The van der Waals surface area contributed by atoms with E-state index < -0.39 is 5.97 Å². The van der Waals surface area contributed by atoms with Crippen LogP contribution in [0.4, 0.5) is 0 Å². The van der Waals surface area contributed by atoms with E-state index in [1.165, 1.54) is 231 Å². The molecule has 1 rings (SSSR count). The van der Waals surface area contributed by atoms with Crippen LogP contribution in [0, 0.1) is 0 Å². The Bertz CT molecular complexity index is 992. The van der Waals surface area contributed by atoms with Crippen LogP contribution in [0.25, 0.3) is 0 Å². The van der Waals surface area contributed by atoms with Gasteiger partial charge >= 0.3 is 29.6 Å². The summed E-state index contributed by atoms with van der Waals surface area (Å²) in [6.45, 7) is 8.52. The van der Waals surface area contributed by atoms with Gasteiger partial charge in [0.2, 0.25) is 5.75 Å². The van der Waals surface area contributed by atoms with Gasteiger partial charge in [0.1, 0.15) is 0 Å². The van der Waals surface area contributed by atoms with Gasteiger partial charge in [-0.1, -0.05) is 271 Å². The summed E-state index contributed by atoms with van der Waals surface area (Å²) in [4.78, 5) is 12.1. The topological polar surface area (TPSA) is 67.8 Å². The van der Waals surface area contributed by atoms with Gasteiger partial charge in [-0.2, -0.15) is 0 Å². The number of carboxylic acid groups (broad SMARTS) is 1. The van der Waals surface area contributed by atoms with E-state index in [0.717, 1.165) is 38.5 Å². The summed E-state index contributed by atoms with van der Waals surface area (Å²) in [5.41, 5.74) is 0.0887. The number of aromatic carboxylic acids is 1. The third kappa shape index (κ3) is 39.2. The van der Waals surface area contributed by atoms with Crippen LogP contribution in [-0.4, -0.2) is 25.8 Å². The van der Waals surface area contributed by atoms with Crippen LogP contribution in [0.2, 0.25) is 0 Å².